The van der Waals surface area contributed by atoms with Crippen molar-refractivity contribution in [3.8, 4) is 11.1 Å². The van der Waals surface area contributed by atoms with Gasteiger partial charge < -0.3 is 5.73 Å². The summed E-state index contributed by atoms with van der Waals surface area (Å²) < 4.78 is 27.5. The maximum Gasteiger partial charge on any atom is 0.149 e. The highest BCUT2D eigenvalue weighted by atomic mass is 19.1. The smallest absolute Gasteiger partial charge is 0.149 e. The first kappa shape index (κ1) is 12.5. The van der Waals surface area contributed by atoms with Gasteiger partial charge in [-0.25, -0.2) is 18.7 Å². The van der Waals surface area contributed by atoms with Crippen molar-refractivity contribution >= 4 is 16.7 Å². The van der Waals surface area contributed by atoms with E-state index < -0.39 is 5.82 Å². The van der Waals surface area contributed by atoms with Crippen molar-refractivity contribution in [1.29, 1.82) is 0 Å². The molecule has 0 atom stereocenters. The summed E-state index contributed by atoms with van der Waals surface area (Å²) in [5, 5.41) is 0.399. The van der Waals surface area contributed by atoms with Gasteiger partial charge in [0.2, 0.25) is 0 Å². The summed E-state index contributed by atoms with van der Waals surface area (Å²) in [5.41, 5.74) is 7.72. The van der Waals surface area contributed by atoms with Crippen LogP contribution < -0.4 is 5.73 Å². The third-order valence-electron chi connectivity index (χ3n) is 3.25. The molecule has 100 valence electrons. The Balaban J connectivity index is 2.36. The molecule has 0 spiro atoms. The van der Waals surface area contributed by atoms with Crippen molar-refractivity contribution in [3.63, 3.8) is 0 Å². The Morgan fingerprint density at radius 2 is 1.80 bits per heavy atom. The Bertz CT molecular complexity index is 816. The number of nitrogen functional groups attached to an aromatic ring is 1. The van der Waals surface area contributed by atoms with Gasteiger partial charge in [0, 0.05) is 0 Å². The average Bonchev–Trinajstić information content (AvgIpc) is 2.43. The summed E-state index contributed by atoms with van der Waals surface area (Å²) >= 11 is 0. The zero-order chi connectivity index (χ0) is 14.3. The molecule has 2 N–H and O–H groups in total. The van der Waals surface area contributed by atoms with Crippen molar-refractivity contribution in [3.05, 3.63) is 53.9 Å². The summed E-state index contributed by atoms with van der Waals surface area (Å²) in [4.78, 5) is 7.79. The van der Waals surface area contributed by atoms with E-state index in [9.17, 15) is 8.78 Å². The predicted molar refractivity (Wildman–Crippen MR) is 74.0 cm³/mol. The van der Waals surface area contributed by atoms with Gasteiger partial charge in [0.15, 0.2) is 0 Å². The van der Waals surface area contributed by atoms with Crippen molar-refractivity contribution in [1.82, 2.24) is 9.97 Å². The number of anilines is 1. The zero-order valence-corrected chi connectivity index (χ0v) is 10.7. The fourth-order valence-electron chi connectivity index (χ4n) is 2.17. The van der Waals surface area contributed by atoms with Gasteiger partial charge in [-0.3, -0.25) is 0 Å². The molecule has 0 fully saturated rings. The molecule has 20 heavy (non-hydrogen) atoms. The summed E-state index contributed by atoms with van der Waals surface area (Å²) in [5.74, 6) is -0.633. The van der Waals surface area contributed by atoms with Gasteiger partial charge in [-0.1, -0.05) is 18.2 Å². The van der Waals surface area contributed by atoms with Crippen LogP contribution in [0.1, 0.15) is 5.56 Å². The Kier molecular flexibility index (Phi) is 2.82. The quantitative estimate of drug-likeness (QED) is 0.737. The van der Waals surface area contributed by atoms with Crippen LogP contribution in [-0.2, 0) is 0 Å². The highest BCUT2D eigenvalue weighted by Gasteiger charge is 2.13. The standard InChI is InChI=1S/C15H11F2N3/c1-8-2-3-9(6-12(8)17)10-4-5-11(16)14-13(10)15(18)20-7-19-14/h2-7H,1H3,(H2,18,19,20). The molecule has 5 heteroatoms. The third-order valence-corrected chi connectivity index (χ3v) is 3.25. The molecule has 3 rings (SSSR count). The van der Waals surface area contributed by atoms with E-state index in [4.69, 9.17) is 5.73 Å². The molecule has 3 aromatic rings. The first-order valence-corrected chi connectivity index (χ1v) is 6.03. The number of benzene rings is 2. The second kappa shape index (κ2) is 4.52. The van der Waals surface area contributed by atoms with E-state index in [0.717, 1.165) is 0 Å². The molecule has 0 saturated heterocycles. The maximum absolute atomic E-state index is 13.8. The molecule has 0 aliphatic carbocycles. The van der Waals surface area contributed by atoms with Crippen LogP contribution in [0.4, 0.5) is 14.6 Å². The Morgan fingerprint density at radius 1 is 1.00 bits per heavy atom. The SMILES string of the molecule is Cc1ccc(-c2ccc(F)c3ncnc(N)c23)cc1F. The van der Waals surface area contributed by atoms with Crippen molar-refractivity contribution in [2.45, 2.75) is 6.92 Å². The summed E-state index contributed by atoms with van der Waals surface area (Å²) in [6, 6.07) is 7.68. The number of halogens is 2. The van der Waals surface area contributed by atoms with Crippen LogP contribution in [0.15, 0.2) is 36.7 Å². The highest BCUT2D eigenvalue weighted by molar-refractivity contribution is 6.01. The molecule has 0 aliphatic rings. The van der Waals surface area contributed by atoms with Crippen LogP contribution in [0.5, 0.6) is 0 Å². The van der Waals surface area contributed by atoms with Gasteiger partial charge in [0.05, 0.1) is 5.39 Å². The normalized spacial score (nSPS) is 10.9. The Labute approximate surface area is 114 Å². The molecule has 0 bridgehead atoms. The number of hydrogen-bond acceptors (Lipinski definition) is 3. The average molecular weight is 271 g/mol. The number of nitrogens with two attached hydrogens (primary N) is 1. The van der Waals surface area contributed by atoms with Crippen LogP contribution in [0.2, 0.25) is 0 Å². The number of aromatic nitrogens is 2. The van der Waals surface area contributed by atoms with E-state index in [-0.39, 0.29) is 17.2 Å². The third kappa shape index (κ3) is 1.87. The molecule has 0 unspecified atom stereocenters. The first-order chi connectivity index (χ1) is 9.58. The largest absolute Gasteiger partial charge is 0.383 e. The Hall–Kier alpha value is -2.56. The van der Waals surface area contributed by atoms with E-state index in [1.807, 2.05) is 0 Å². The summed E-state index contributed by atoms with van der Waals surface area (Å²) in [7, 11) is 0. The fourth-order valence-corrected chi connectivity index (χ4v) is 2.17. The van der Waals surface area contributed by atoms with E-state index in [1.54, 1.807) is 25.1 Å². The number of fused-ring (bicyclic) bond motifs is 1. The molecule has 3 nitrogen and oxygen atoms in total. The fraction of sp³-hybridized carbons (Fsp3) is 0.0667. The van der Waals surface area contributed by atoms with E-state index in [2.05, 4.69) is 9.97 Å². The van der Waals surface area contributed by atoms with Crippen LogP contribution in [-0.4, -0.2) is 9.97 Å². The van der Waals surface area contributed by atoms with Gasteiger partial charge in [-0.05, 0) is 35.7 Å². The molecular weight excluding hydrogens is 260 g/mol. The summed E-state index contributed by atoms with van der Waals surface area (Å²) in [6.45, 7) is 1.68. The first-order valence-electron chi connectivity index (χ1n) is 6.03. The van der Waals surface area contributed by atoms with Crippen LogP contribution >= 0.6 is 0 Å². The number of hydrogen-bond donors (Lipinski definition) is 1. The van der Waals surface area contributed by atoms with E-state index in [1.165, 1.54) is 18.5 Å². The van der Waals surface area contributed by atoms with Crippen molar-refractivity contribution in [2.75, 3.05) is 5.73 Å². The second-order valence-electron chi connectivity index (χ2n) is 4.54. The van der Waals surface area contributed by atoms with E-state index in [0.29, 0.717) is 22.1 Å². The lowest BCUT2D eigenvalue weighted by atomic mass is 9.99. The zero-order valence-electron chi connectivity index (χ0n) is 10.7. The molecule has 0 amide bonds. The molecule has 0 radical (unpaired) electrons. The number of nitrogens with zero attached hydrogens (tertiary/aromatic N) is 2. The van der Waals surface area contributed by atoms with Gasteiger partial charge in [-0.15, -0.1) is 0 Å². The number of aryl methyl sites for hydroxylation is 1. The van der Waals surface area contributed by atoms with Gasteiger partial charge in [0.25, 0.3) is 0 Å². The highest BCUT2D eigenvalue weighted by Crippen LogP contribution is 2.32. The summed E-state index contributed by atoms with van der Waals surface area (Å²) in [6.07, 6.45) is 1.21. The van der Waals surface area contributed by atoms with Crippen molar-refractivity contribution < 1.29 is 8.78 Å². The molecule has 1 aromatic heterocycles. The Morgan fingerprint density at radius 3 is 2.55 bits per heavy atom. The lowest BCUT2D eigenvalue weighted by Crippen LogP contribution is -1.97. The lowest BCUT2D eigenvalue weighted by Gasteiger charge is -2.09. The minimum absolute atomic E-state index is 0.135. The minimum atomic E-state index is -0.481. The topological polar surface area (TPSA) is 51.8 Å². The molecule has 1 heterocycles. The van der Waals surface area contributed by atoms with Gasteiger partial charge in [-0.2, -0.15) is 0 Å². The monoisotopic (exact) mass is 271 g/mol. The molecule has 0 saturated carbocycles. The lowest BCUT2D eigenvalue weighted by molar-refractivity contribution is 0.619. The molecule has 2 aromatic carbocycles. The van der Waals surface area contributed by atoms with Gasteiger partial charge in [0.1, 0.15) is 29.3 Å². The van der Waals surface area contributed by atoms with Crippen LogP contribution in [0, 0.1) is 18.6 Å². The maximum atomic E-state index is 13.8. The minimum Gasteiger partial charge on any atom is -0.383 e. The van der Waals surface area contributed by atoms with Gasteiger partial charge >= 0.3 is 0 Å². The molecular formula is C15H11F2N3. The molecule has 0 aliphatic heterocycles. The number of rotatable bonds is 1. The van der Waals surface area contributed by atoms with E-state index >= 15 is 0 Å². The van der Waals surface area contributed by atoms with Crippen molar-refractivity contribution in [2.24, 2.45) is 0 Å². The van der Waals surface area contributed by atoms with Crippen LogP contribution in [0.3, 0.4) is 0 Å². The van der Waals surface area contributed by atoms with Crippen LogP contribution in [0.25, 0.3) is 22.0 Å². The second-order valence-corrected chi connectivity index (χ2v) is 4.54. The predicted octanol–water partition coefficient (Wildman–Crippen LogP) is 3.47.